The number of halogens is 1. The second kappa shape index (κ2) is 8.00. The lowest BCUT2D eigenvalue weighted by Crippen LogP contribution is -2.29. The van der Waals surface area contributed by atoms with Gasteiger partial charge in [-0.2, -0.15) is 0 Å². The number of carbonyl (C=O) groups excluding carboxylic acids is 1. The molecule has 0 spiro atoms. The van der Waals surface area contributed by atoms with Gasteiger partial charge in [-0.3, -0.25) is 4.79 Å². The maximum atomic E-state index is 12.7. The Morgan fingerprint density at radius 2 is 1.85 bits per heavy atom. The minimum absolute atomic E-state index is 0.0328. The fourth-order valence-corrected chi connectivity index (χ4v) is 4.63. The first-order valence-corrected chi connectivity index (χ1v) is 10.9. The first kappa shape index (κ1) is 19.9. The average molecular weight is 407 g/mol. The Bertz CT molecular complexity index is 938. The van der Waals surface area contributed by atoms with Crippen LogP contribution < -0.4 is 10.0 Å². The minimum Gasteiger partial charge on any atom is -0.345 e. The van der Waals surface area contributed by atoms with E-state index in [4.69, 9.17) is 11.6 Å². The molecule has 0 radical (unpaired) electrons. The van der Waals surface area contributed by atoms with Crippen molar-refractivity contribution in [3.63, 3.8) is 0 Å². The summed E-state index contributed by atoms with van der Waals surface area (Å²) in [5.74, 6) is -0.332. The highest BCUT2D eigenvalue weighted by Crippen LogP contribution is 2.27. The molecule has 1 aliphatic carbocycles. The Morgan fingerprint density at radius 1 is 1.19 bits per heavy atom. The van der Waals surface area contributed by atoms with Crippen LogP contribution in [0.4, 0.5) is 0 Å². The smallest absolute Gasteiger partial charge is 0.251 e. The molecular weight excluding hydrogens is 384 g/mol. The van der Waals surface area contributed by atoms with E-state index in [9.17, 15) is 13.2 Å². The fourth-order valence-electron chi connectivity index (χ4n) is 2.80. The van der Waals surface area contributed by atoms with E-state index in [1.54, 1.807) is 0 Å². The van der Waals surface area contributed by atoms with Gasteiger partial charge in [-0.25, -0.2) is 13.1 Å². The number of hydrogen-bond acceptors (Lipinski definition) is 3. The van der Waals surface area contributed by atoms with Gasteiger partial charge in [0.1, 0.15) is 4.90 Å². The molecule has 0 bridgehead atoms. The summed E-state index contributed by atoms with van der Waals surface area (Å²) >= 11 is 6.08. The van der Waals surface area contributed by atoms with E-state index in [0.29, 0.717) is 0 Å². The van der Waals surface area contributed by atoms with E-state index in [1.807, 2.05) is 38.1 Å². The molecule has 7 heteroatoms. The van der Waals surface area contributed by atoms with Crippen LogP contribution in [0.1, 0.15) is 53.7 Å². The highest BCUT2D eigenvalue weighted by atomic mass is 35.5. The number of carbonyl (C=O) groups is 1. The molecule has 0 aliphatic heterocycles. The van der Waals surface area contributed by atoms with Crippen molar-refractivity contribution < 1.29 is 13.2 Å². The summed E-state index contributed by atoms with van der Waals surface area (Å²) in [5, 5.41) is 3.07. The van der Waals surface area contributed by atoms with Crippen LogP contribution in [-0.4, -0.2) is 20.4 Å². The molecule has 27 heavy (non-hydrogen) atoms. The zero-order valence-corrected chi connectivity index (χ0v) is 16.9. The molecule has 1 saturated carbocycles. The summed E-state index contributed by atoms with van der Waals surface area (Å²) in [6, 6.07) is 12.1. The predicted octanol–water partition coefficient (Wildman–Crippen LogP) is 3.97. The maximum Gasteiger partial charge on any atom is 0.251 e. The standard InChI is InChI=1S/C20H23ClN2O3S/c1-3-18(14-6-4-13(2)5-7-14)22-20(24)15-8-11-17(21)19(12-15)27(25,26)23-16-9-10-16/h4-8,11-12,16,18,23H,3,9-10H2,1-2H3,(H,22,24)/t18-/m0/s1. The molecule has 1 amide bonds. The van der Waals surface area contributed by atoms with E-state index in [2.05, 4.69) is 10.0 Å². The third kappa shape index (κ3) is 4.89. The van der Waals surface area contributed by atoms with Crippen LogP contribution in [-0.2, 0) is 10.0 Å². The lowest BCUT2D eigenvalue weighted by atomic mass is 10.0. The highest BCUT2D eigenvalue weighted by Gasteiger charge is 2.29. The number of aryl methyl sites for hydroxylation is 1. The Kier molecular flexibility index (Phi) is 5.89. The number of sulfonamides is 1. The molecule has 3 rings (SSSR count). The Balaban J connectivity index is 1.81. The SMILES string of the molecule is CC[C@H](NC(=O)c1ccc(Cl)c(S(=O)(=O)NC2CC2)c1)c1ccc(C)cc1. The van der Waals surface area contributed by atoms with Crippen molar-refractivity contribution in [2.75, 3.05) is 0 Å². The van der Waals surface area contributed by atoms with E-state index in [-0.39, 0.29) is 33.5 Å². The minimum atomic E-state index is -3.74. The van der Waals surface area contributed by atoms with Gasteiger partial charge in [0.05, 0.1) is 11.1 Å². The highest BCUT2D eigenvalue weighted by molar-refractivity contribution is 7.89. The monoisotopic (exact) mass is 406 g/mol. The summed E-state index contributed by atoms with van der Waals surface area (Å²) in [6.45, 7) is 4.00. The van der Waals surface area contributed by atoms with E-state index in [1.165, 1.54) is 18.2 Å². The quantitative estimate of drug-likeness (QED) is 0.730. The van der Waals surface area contributed by atoms with Crippen molar-refractivity contribution in [3.05, 3.63) is 64.2 Å². The molecule has 2 aromatic carbocycles. The summed E-state index contributed by atoms with van der Waals surface area (Å²) in [6.07, 6.45) is 2.37. The second-order valence-electron chi connectivity index (χ2n) is 6.89. The van der Waals surface area contributed by atoms with Crippen LogP contribution in [0.2, 0.25) is 5.02 Å². The van der Waals surface area contributed by atoms with Crippen LogP contribution in [0, 0.1) is 6.92 Å². The first-order chi connectivity index (χ1) is 12.8. The number of nitrogens with one attached hydrogen (secondary N) is 2. The van der Waals surface area contributed by atoms with Gasteiger partial charge in [-0.15, -0.1) is 0 Å². The van der Waals surface area contributed by atoms with Gasteiger partial charge >= 0.3 is 0 Å². The Labute approximate surface area is 165 Å². The molecule has 0 heterocycles. The van der Waals surface area contributed by atoms with Crippen LogP contribution in [0.15, 0.2) is 47.4 Å². The summed E-state index contributed by atoms with van der Waals surface area (Å²) in [4.78, 5) is 12.6. The number of hydrogen-bond donors (Lipinski definition) is 2. The number of rotatable bonds is 7. The summed E-state index contributed by atoms with van der Waals surface area (Å²) in [7, 11) is -3.74. The fraction of sp³-hybridized carbons (Fsp3) is 0.350. The molecular formula is C20H23ClN2O3S. The van der Waals surface area contributed by atoms with Crippen molar-refractivity contribution in [2.45, 2.75) is 50.1 Å². The molecule has 1 fully saturated rings. The lowest BCUT2D eigenvalue weighted by molar-refractivity contribution is 0.0935. The molecule has 2 N–H and O–H groups in total. The number of benzene rings is 2. The van der Waals surface area contributed by atoms with Gasteiger partial charge in [0.2, 0.25) is 10.0 Å². The van der Waals surface area contributed by atoms with Gasteiger partial charge in [-0.05, 0) is 49.9 Å². The van der Waals surface area contributed by atoms with Crippen molar-refractivity contribution >= 4 is 27.5 Å². The zero-order valence-electron chi connectivity index (χ0n) is 15.3. The summed E-state index contributed by atoms with van der Waals surface area (Å²) in [5.41, 5.74) is 2.42. The van der Waals surface area contributed by atoms with E-state index in [0.717, 1.165) is 30.4 Å². The molecule has 144 valence electrons. The molecule has 1 aliphatic rings. The second-order valence-corrected chi connectivity index (χ2v) is 8.98. The predicted molar refractivity (Wildman–Crippen MR) is 106 cm³/mol. The van der Waals surface area contributed by atoms with E-state index < -0.39 is 10.0 Å². The van der Waals surface area contributed by atoms with Gasteiger partial charge in [0, 0.05) is 11.6 Å². The Hall–Kier alpha value is -1.89. The van der Waals surface area contributed by atoms with Crippen molar-refractivity contribution in [3.8, 4) is 0 Å². The van der Waals surface area contributed by atoms with E-state index >= 15 is 0 Å². The zero-order chi connectivity index (χ0) is 19.6. The van der Waals surface area contributed by atoms with Crippen molar-refractivity contribution in [1.29, 1.82) is 0 Å². The van der Waals surface area contributed by atoms with Crippen LogP contribution in [0.3, 0.4) is 0 Å². The largest absolute Gasteiger partial charge is 0.345 e. The Morgan fingerprint density at radius 3 is 2.44 bits per heavy atom. The number of amides is 1. The van der Waals surface area contributed by atoms with Crippen LogP contribution in [0.5, 0.6) is 0 Å². The van der Waals surface area contributed by atoms with Gasteiger partial charge in [-0.1, -0.05) is 48.4 Å². The molecule has 1 atom stereocenters. The molecule has 5 nitrogen and oxygen atoms in total. The normalized spacial score (nSPS) is 15.4. The lowest BCUT2D eigenvalue weighted by Gasteiger charge is -2.18. The van der Waals surface area contributed by atoms with Crippen molar-refractivity contribution in [2.24, 2.45) is 0 Å². The van der Waals surface area contributed by atoms with Crippen LogP contribution in [0.25, 0.3) is 0 Å². The average Bonchev–Trinajstić information content (AvgIpc) is 3.43. The molecule has 0 aromatic heterocycles. The van der Waals surface area contributed by atoms with Crippen molar-refractivity contribution in [1.82, 2.24) is 10.0 Å². The molecule has 2 aromatic rings. The summed E-state index contributed by atoms with van der Waals surface area (Å²) < 4.78 is 27.6. The van der Waals surface area contributed by atoms with Gasteiger partial charge in [0.25, 0.3) is 5.91 Å². The maximum absolute atomic E-state index is 12.7. The first-order valence-electron chi connectivity index (χ1n) is 8.99. The third-order valence-electron chi connectivity index (χ3n) is 4.58. The third-order valence-corrected chi connectivity index (χ3v) is 6.58. The molecule has 0 unspecified atom stereocenters. The van der Waals surface area contributed by atoms with Crippen LogP contribution >= 0.6 is 11.6 Å². The molecule has 0 saturated heterocycles. The van der Waals surface area contributed by atoms with Gasteiger partial charge < -0.3 is 5.32 Å². The topological polar surface area (TPSA) is 75.3 Å². The van der Waals surface area contributed by atoms with Gasteiger partial charge in [0.15, 0.2) is 0 Å².